The van der Waals surface area contributed by atoms with E-state index in [1.807, 2.05) is 30.3 Å². The summed E-state index contributed by atoms with van der Waals surface area (Å²) in [6, 6.07) is 23.3. The zero-order chi connectivity index (χ0) is 29.3. The third kappa shape index (κ3) is 5.74. The molecule has 0 saturated carbocycles. The molecule has 2 heterocycles. The van der Waals surface area contributed by atoms with E-state index < -0.39 is 28.4 Å². The van der Waals surface area contributed by atoms with E-state index in [9.17, 15) is 19.2 Å². The summed E-state index contributed by atoms with van der Waals surface area (Å²) < 4.78 is 3.61. The first kappa shape index (κ1) is 28.1. The van der Waals surface area contributed by atoms with Crippen LogP contribution in [0, 0.1) is 0 Å². The SMILES string of the molecule is Cn1c(=O)[nH]c(Nc2ccc(Br)cc2)c(C(c2ccccc2)c2c(Nc3ccc(Br)cc3)[nH]c(=O)n(C)c2=O)c1=O. The fraction of sp³-hybridized carbons (Fsp3) is 0.103. The van der Waals surface area contributed by atoms with E-state index in [1.54, 1.807) is 48.5 Å². The zero-order valence-electron chi connectivity index (χ0n) is 21.9. The summed E-state index contributed by atoms with van der Waals surface area (Å²) in [4.78, 5) is 58.9. The molecule has 5 aromatic rings. The van der Waals surface area contributed by atoms with Crippen molar-refractivity contribution in [3.05, 3.63) is 146 Å². The lowest BCUT2D eigenvalue weighted by molar-refractivity contribution is 0.724. The van der Waals surface area contributed by atoms with Crippen LogP contribution in [0.3, 0.4) is 0 Å². The average Bonchev–Trinajstić information content (AvgIpc) is 2.96. The van der Waals surface area contributed by atoms with Gasteiger partial charge in [-0.3, -0.25) is 28.7 Å². The van der Waals surface area contributed by atoms with Crippen LogP contribution in [0.1, 0.15) is 22.6 Å². The number of hydrogen-bond acceptors (Lipinski definition) is 6. The maximum absolute atomic E-state index is 13.9. The normalized spacial score (nSPS) is 11.0. The minimum atomic E-state index is -1.00. The molecule has 0 aliphatic carbocycles. The Morgan fingerprint density at radius 1 is 0.610 bits per heavy atom. The molecule has 0 saturated heterocycles. The van der Waals surface area contributed by atoms with Crippen LogP contribution in [0.15, 0.2) is 107 Å². The van der Waals surface area contributed by atoms with E-state index in [0.717, 1.165) is 18.1 Å². The molecule has 3 aromatic carbocycles. The van der Waals surface area contributed by atoms with Crippen molar-refractivity contribution < 1.29 is 0 Å². The number of nitrogens with one attached hydrogen (secondary N) is 4. The monoisotopic (exact) mass is 678 g/mol. The molecular weight excluding hydrogens is 656 g/mol. The number of H-pyrrole nitrogens is 2. The van der Waals surface area contributed by atoms with E-state index in [-0.39, 0.29) is 22.8 Å². The van der Waals surface area contributed by atoms with Gasteiger partial charge in [0, 0.05) is 34.4 Å². The van der Waals surface area contributed by atoms with Gasteiger partial charge in [0.2, 0.25) is 0 Å². The molecule has 0 atom stereocenters. The quantitative estimate of drug-likeness (QED) is 0.198. The van der Waals surface area contributed by atoms with Gasteiger partial charge in [-0.05, 0) is 54.1 Å². The number of aromatic amines is 2. The lowest BCUT2D eigenvalue weighted by Crippen LogP contribution is -2.40. The Morgan fingerprint density at radius 3 is 1.39 bits per heavy atom. The first-order chi connectivity index (χ1) is 19.6. The molecule has 10 nitrogen and oxygen atoms in total. The van der Waals surface area contributed by atoms with Gasteiger partial charge >= 0.3 is 11.4 Å². The third-order valence-corrected chi connectivity index (χ3v) is 7.68. The van der Waals surface area contributed by atoms with Crippen molar-refractivity contribution in [2.75, 3.05) is 10.6 Å². The molecule has 208 valence electrons. The summed E-state index contributed by atoms with van der Waals surface area (Å²) in [6.07, 6.45) is 0. The summed E-state index contributed by atoms with van der Waals surface area (Å²) in [7, 11) is 2.73. The van der Waals surface area contributed by atoms with Crippen LogP contribution in [-0.4, -0.2) is 19.1 Å². The van der Waals surface area contributed by atoms with Crippen LogP contribution in [-0.2, 0) is 14.1 Å². The van der Waals surface area contributed by atoms with Gasteiger partial charge in [-0.1, -0.05) is 62.2 Å². The molecule has 41 heavy (non-hydrogen) atoms. The van der Waals surface area contributed by atoms with Crippen molar-refractivity contribution in [2.24, 2.45) is 14.1 Å². The Balaban J connectivity index is 1.83. The number of benzene rings is 3. The van der Waals surface area contributed by atoms with Gasteiger partial charge in [-0.2, -0.15) is 0 Å². The fourth-order valence-corrected chi connectivity index (χ4v) is 5.02. The minimum absolute atomic E-state index is 0.115. The van der Waals surface area contributed by atoms with E-state index >= 15 is 0 Å². The largest absolute Gasteiger partial charge is 0.341 e. The van der Waals surface area contributed by atoms with Crippen LogP contribution in [0.5, 0.6) is 0 Å². The zero-order valence-corrected chi connectivity index (χ0v) is 25.0. The van der Waals surface area contributed by atoms with Crippen LogP contribution < -0.4 is 33.1 Å². The highest BCUT2D eigenvalue weighted by Gasteiger charge is 2.31. The van der Waals surface area contributed by atoms with Gasteiger partial charge < -0.3 is 10.6 Å². The first-order valence-corrected chi connectivity index (χ1v) is 14.0. The molecule has 0 unspecified atom stereocenters. The summed E-state index contributed by atoms with van der Waals surface area (Å²) in [6.45, 7) is 0. The predicted molar refractivity (Wildman–Crippen MR) is 167 cm³/mol. The Morgan fingerprint density at radius 2 is 1.00 bits per heavy atom. The smallest absolute Gasteiger partial charge is 0.329 e. The molecule has 0 bridgehead atoms. The summed E-state index contributed by atoms with van der Waals surface area (Å²) >= 11 is 6.82. The Bertz CT molecular complexity index is 1840. The second-order valence-electron chi connectivity index (χ2n) is 9.27. The molecule has 0 fully saturated rings. The van der Waals surface area contributed by atoms with Crippen molar-refractivity contribution in [3.8, 4) is 0 Å². The van der Waals surface area contributed by atoms with Crippen LogP contribution in [0.25, 0.3) is 0 Å². The molecular formula is C29H24Br2N6O4. The van der Waals surface area contributed by atoms with E-state index in [0.29, 0.717) is 16.9 Å². The molecule has 0 aliphatic heterocycles. The molecule has 5 rings (SSSR count). The number of halogens is 2. The van der Waals surface area contributed by atoms with Gasteiger partial charge in [-0.25, -0.2) is 9.59 Å². The Kier molecular flexibility index (Phi) is 7.95. The van der Waals surface area contributed by atoms with Gasteiger partial charge in [0.25, 0.3) is 11.1 Å². The number of rotatable bonds is 7. The van der Waals surface area contributed by atoms with Crippen molar-refractivity contribution in [1.29, 1.82) is 0 Å². The van der Waals surface area contributed by atoms with Crippen molar-refractivity contribution in [3.63, 3.8) is 0 Å². The van der Waals surface area contributed by atoms with Crippen LogP contribution in [0.4, 0.5) is 23.0 Å². The van der Waals surface area contributed by atoms with Crippen LogP contribution >= 0.6 is 31.9 Å². The summed E-state index contributed by atoms with van der Waals surface area (Å²) in [5, 5.41) is 6.31. The fourth-order valence-electron chi connectivity index (χ4n) is 4.49. The lowest BCUT2D eigenvalue weighted by atomic mass is 9.86. The molecule has 12 heteroatoms. The molecule has 0 aliphatic rings. The topological polar surface area (TPSA) is 134 Å². The molecule has 0 amide bonds. The van der Waals surface area contributed by atoms with Gasteiger partial charge in [0.15, 0.2) is 0 Å². The van der Waals surface area contributed by atoms with E-state index in [2.05, 4.69) is 52.5 Å². The Labute approximate surface area is 250 Å². The average molecular weight is 680 g/mol. The van der Waals surface area contributed by atoms with Crippen LogP contribution in [0.2, 0.25) is 0 Å². The standard InChI is InChI=1S/C29H24Br2N6O4/c1-36-26(38)22(24(34-28(36)40)32-19-12-8-17(30)9-13-19)21(16-6-4-3-5-7-16)23-25(35-29(41)37(2)27(23)39)33-20-14-10-18(31)11-15-20/h3-15,21,32-33H,1-2H3,(H,34,40)(H,35,41). The highest BCUT2D eigenvalue weighted by molar-refractivity contribution is 9.10. The number of hydrogen-bond donors (Lipinski definition) is 4. The van der Waals surface area contributed by atoms with Gasteiger partial charge in [0.05, 0.1) is 17.0 Å². The molecule has 2 aromatic heterocycles. The lowest BCUT2D eigenvalue weighted by Gasteiger charge is -2.24. The summed E-state index contributed by atoms with van der Waals surface area (Å²) in [5.41, 5.74) is -0.442. The molecule has 0 spiro atoms. The van der Waals surface area contributed by atoms with Gasteiger partial charge in [0.1, 0.15) is 11.6 Å². The second kappa shape index (κ2) is 11.6. The second-order valence-corrected chi connectivity index (χ2v) is 11.1. The van der Waals surface area contributed by atoms with E-state index in [4.69, 9.17) is 0 Å². The number of aromatic nitrogens is 4. The number of anilines is 4. The maximum Gasteiger partial charge on any atom is 0.329 e. The van der Waals surface area contributed by atoms with Gasteiger partial charge in [-0.15, -0.1) is 0 Å². The highest BCUT2D eigenvalue weighted by atomic mass is 79.9. The maximum atomic E-state index is 13.9. The summed E-state index contributed by atoms with van der Waals surface area (Å²) in [5.74, 6) is -0.757. The van der Waals surface area contributed by atoms with Crippen molar-refractivity contribution in [2.45, 2.75) is 5.92 Å². The highest BCUT2D eigenvalue weighted by Crippen LogP contribution is 2.36. The Hall–Kier alpha value is -4.42. The first-order valence-electron chi connectivity index (χ1n) is 12.4. The predicted octanol–water partition coefficient (Wildman–Crippen LogP) is 4.65. The minimum Gasteiger partial charge on any atom is -0.341 e. The molecule has 4 N–H and O–H groups in total. The molecule has 0 radical (unpaired) electrons. The van der Waals surface area contributed by atoms with Crippen molar-refractivity contribution >= 4 is 54.9 Å². The number of nitrogens with zero attached hydrogens (tertiary/aromatic N) is 2. The third-order valence-electron chi connectivity index (χ3n) is 6.62. The van der Waals surface area contributed by atoms with E-state index in [1.165, 1.54) is 14.1 Å². The van der Waals surface area contributed by atoms with Crippen molar-refractivity contribution in [1.82, 2.24) is 19.1 Å².